The van der Waals surface area contributed by atoms with E-state index >= 15 is 0 Å². The Labute approximate surface area is 143 Å². The van der Waals surface area contributed by atoms with Crippen LogP contribution in [0.15, 0.2) is 24.3 Å². The van der Waals surface area contributed by atoms with Crippen molar-refractivity contribution in [2.45, 2.75) is 13.3 Å². The molecule has 1 aliphatic rings. The minimum atomic E-state index is -0.0312. The molecule has 1 aromatic rings. The second kappa shape index (κ2) is 9.39. The van der Waals surface area contributed by atoms with Crippen LogP contribution in [-0.4, -0.2) is 74.7 Å². The van der Waals surface area contributed by atoms with E-state index in [1.807, 2.05) is 36.1 Å². The summed E-state index contributed by atoms with van der Waals surface area (Å²) < 4.78 is 10.2. The number of methoxy groups -OCH3 is 1. The predicted octanol–water partition coefficient (Wildman–Crippen LogP) is 1.33. The summed E-state index contributed by atoms with van der Waals surface area (Å²) in [6.45, 7) is 5.32. The molecule has 2 amide bonds. The molecule has 1 aliphatic heterocycles. The smallest absolute Gasteiger partial charge is 0.254 e. The van der Waals surface area contributed by atoms with E-state index in [2.05, 4.69) is 0 Å². The minimum Gasteiger partial charge on any atom is -0.382 e. The van der Waals surface area contributed by atoms with Crippen LogP contribution < -0.4 is 0 Å². The van der Waals surface area contributed by atoms with Crippen LogP contribution in [0, 0.1) is 6.92 Å². The van der Waals surface area contributed by atoms with E-state index in [0.29, 0.717) is 39.4 Å². The summed E-state index contributed by atoms with van der Waals surface area (Å²) in [5.41, 5.74) is 1.71. The first kappa shape index (κ1) is 18.4. The number of ether oxygens (including phenoxy) is 2. The van der Waals surface area contributed by atoms with Crippen molar-refractivity contribution >= 4 is 11.8 Å². The maximum absolute atomic E-state index is 12.7. The van der Waals surface area contributed by atoms with Crippen LogP contribution in [0.4, 0.5) is 0 Å². The molecule has 132 valence electrons. The van der Waals surface area contributed by atoms with Gasteiger partial charge in [-0.15, -0.1) is 0 Å². The zero-order valence-corrected chi connectivity index (χ0v) is 14.5. The first-order valence-corrected chi connectivity index (χ1v) is 8.33. The number of nitrogens with zero attached hydrogens (tertiary/aromatic N) is 2. The molecule has 1 heterocycles. The van der Waals surface area contributed by atoms with Crippen molar-refractivity contribution in [3.8, 4) is 0 Å². The Hall–Kier alpha value is -1.92. The van der Waals surface area contributed by atoms with Gasteiger partial charge in [0.1, 0.15) is 6.61 Å². The molecule has 0 atom stereocenters. The fourth-order valence-corrected chi connectivity index (χ4v) is 2.75. The second-order valence-electron chi connectivity index (χ2n) is 5.89. The molecule has 0 saturated carbocycles. The van der Waals surface area contributed by atoms with Gasteiger partial charge >= 0.3 is 0 Å². The van der Waals surface area contributed by atoms with E-state index in [0.717, 1.165) is 17.5 Å². The van der Waals surface area contributed by atoms with Crippen LogP contribution in [0.2, 0.25) is 0 Å². The van der Waals surface area contributed by atoms with Gasteiger partial charge in [-0.3, -0.25) is 9.59 Å². The molecule has 0 unspecified atom stereocenters. The molecule has 6 nitrogen and oxygen atoms in total. The Morgan fingerprint density at radius 2 is 1.75 bits per heavy atom. The van der Waals surface area contributed by atoms with Gasteiger partial charge in [-0.05, 0) is 25.0 Å². The van der Waals surface area contributed by atoms with Crippen LogP contribution in [0.25, 0.3) is 0 Å². The molecule has 2 rings (SSSR count). The third-order valence-electron chi connectivity index (χ3n) is 4.17. The standard InChI is InChI=1S/C18H26N2O4/c1-15-6-3-4-7-16(15)18(22)20-9-5-8-19(10-11-20)17(21)14-24-13-12-23-2/h3-4,6-7H,5,8-14H2,1-2H3. The van der Waals surface area contributed by atoms with Crippen LogP contribution in [-0.2, 0) is 14.3 Å². The third kappa shape index (κ3) is 5.04. The lowest BCUT2D eigenvalue weighted by molar-refractivity contribution is -0.136. The van der Waals surface area contributed by atoms with Crippen LogP contribution in [0.3, 0.4) is 0 Å². The molecular weight excluding hydrogens is 308 g/mol. The first-order chi connectivity index (χ1) is 11.6. The maximum atomic E-state index is 12.7. The highest BCUT2D eigenvalue weighted by Gasteiger charge is 2.23. The molecule has 0 aliphatic carbocycles. The number of amides is 2. The van der Waals surface area contributed by atoms with Crippen molar-refractivity contribution in [2.75, 3.05) is 53.1 Å². The lowest BCUT2D eigenvalue weighted by Gasteiger charge is -2.22. The quantitative estimate of drug-likeness (QED) is 0.737. The fraction of sp³-hybridized carbons (Fsp3) is 0.556. The summed E-state index contributed by atoms with van der Waals surface area (Å²) in [6, 6.07) is 7.61. The first-order valence-electron chi connectivity index (χ1n) is 8.33. The van der Waals surface area contributed by atoms with Crippen molar-refractivity contribution in [1.29, 1.82) is 0 Å². The largest absolute Gasteiger partial charge is 0.382 e. The normalized spacial score (nSPS) is 15.2. The number of carbonyl (C=O) groups is 2. The Kier molecular flexibility index (Phi) is 7.21. The molecule has 0 spiro atoms. The van der Waals surface area contributed by atoms with Crippen molar-refractivity contribution in [3.05, 3.63) is 35.4 Å². The van der Waals surface area contributed by atoms with Crippen molar-refractivity contribution < 1.29 is 19.1 Å². The van der Waals surface area contributed by atoms with Crippen molar-refractivity contribution in [3.63, 3.8) is 0 Å². The maximum Gasteiger partial charge on any atom is 0.254 e. The Morgan fingerprint density at radius 3 is 2.50 bits per heavy atom. The number of hydrogen-bond donors (Lipinski definition) is 0. The summed E-state index contributed by atoms with van der Waals surface area (Å²) in [7, 11) is 1.60. The van der Waals surface area contributed by atoms with Crippen LogP contribution in [0.5, 0.6) is 0 Å². The lowest BCUT2D eigenvalue weighted by atomic mass is 10.1. The van der Waals surface area contributed by atoms with Crippen molar-refractivity contribution in [1.82, 2.24) is 9.80 Å². The van der Waals surface area contributed by atoms with Gasteiger partial charge in [0.25, 0.3) is 5.91 Å². The van der Waals surface area contributed by atoms with Gasteiger partial charge in [0, 0.05) is 38.9 Å². The van der Waals surface area contributed by atoms with E-state index in [1.165, 1.54) is 0 Å². The summed E-state index contributed by atoms with van der Waals surface area (Å²) in [5.74, 6) is 0.00929. The van der Waals surface area contributed by atoms with E-state index in [-0.39, 0.29) is 18.4 Å². The number of aryl methyl sites for hydroxylation is 1. The zero-order valence-electron chi connectivity index (χ0n) is 14.5. The highest BCUT2D eigenvalue weighted by molar-refractivity contribution is 5.95. The Balaban J connectivity index is 1.87. The molecular formula is C18H26N2O4. The number of benzene rings is 1. The van der Waals surface area contributed by atoms with E-state index in [9.17, 15) is 9.59 Å². The summed E-state index contributed by atoms with van der Waals surface area (Å²) in [4.78, 5) is 28.5. The van der Waals surface area contributed by atoms with Gasteiger partial charge in [-0.2, -0.15) is 0 Å². The molecule has 0 bridgehead atoms. The van der Waals surface area contributed by atoms with Gasteiger partial charge in [0.15, 0.2) is 0 Å². The average Bonchev–Trinajstić information content (AvgIpc) is 2.84. The predicted molar refractivity (Wildman–Crippen MR) is 91.0 cm³/mol. The average molecular weight is 334 g/mol. The monoisotopic (exact) mass is 334 g/mol. The number of carbonyl (C=O) groups excluding carboxylic acids is 2. The second-order valence-corrected chi connectivity index (χ2v) is 5.89. The molecule has 0 N–H and O–H groups in total. The van der Waals surface area contributed by atoms with E-state index in [4.69, 9.17) is 9.47 Å². The van der Waals surface area contributed by atoms with Crippen molar-refractivity contribution in [2.24, 2.45) is 0 Å². The molecule has 1 aromatic carbocycles. The molecule has 6 heteroatoms. The van der Waals surface area contributed by atoms with E-state index in [1.54, 1.807) is 12.0 Å². The van der Waals surface area contributed by atoms with E-state index < -0.39 is 0 Å². The van der Waals surface area contributed by atoms with Gasteiger partial charge in [0.05, 0.1) is 13.2 Å². The molecule has 1 fully saturated rings. The molecule has 24 heavy (non-hydrogen) atoms. The van der Waals surface area contributed by atoms with Crippen LogP contribution >= 0.6 is 0 Å². The highest BCUT2D eigenvalue weighted by Crippen LogP contribution is 2.13. The minimum absolute atomic E-state index is 0.0312. The van der Waals surface area contributed by atoms with Crippen LogP contribution in [0.1, 0.15) is 22.3 Å². The Morgan fingerprint density at radius 1 is 1.04 bits per heavy atom. The summed E-state index contributed by atoms with van der Waals surface area (Å²) >= 11 is 0. The zero-order chi connectivity index (χ0) is 17.4. The summed E-state index contributed by atoms with van der Waals surface area (Å²) in [5, 5.41) is 0. The number of hydrogen-bond acceptors (Lipinski definition) is 4. The molecule has 1 saturated heterocycles. The molecule has 0 aromatic heterocycles. The third-order valence-corrected chi connectivity index (χ3v) is 4.17. The topological polar surface area (TPSA) is 59.1 Å². The van der Waals surface area contributed by atoms with Gasteiger partial charge in [-0.1, -0.05) is 18.2 Å². The van der Waals surface area contributed by atoms with Gasteiger partial charge < -0.3 is 19.3 Å². The summed E-state index contributed by atoms with van der Waals surface area (Å²) in [6.07, 6.45) is 0.779. The SMILES string of the molecule is COCCOCC(=O)N1CCCN(C(=O)c2ccccc2C)CC1. The lowest BCUT2D eigenvalue weighted by Crippen LogP contribution is -2.39. The molecule has 0 radical (unpaired) electrons. The fourth-order valence-electron chi connectivity index (χ4n) is 2.75. The highest BCUT2D eigenvalue weighted by atomic mass is 16.5. The Bertz CT molecular complexity index is 562. The van der Waals surface area contributed by atoms with Gasteiger partial charge in [-0.25, -0.2) is 0 Å². The van der Waals surface area contributed by atoms with Gasteiger partial charge in [0.2, 0.25) is 5.91 Å². The number of rotatable bonds is 6.